The van der Waals surface area contributed by atoms with Crippen molar-refractivity contribution in [2.45, 2.75) is 26.3 Å². The summed E-state index contributed by atoms with van der Waals surface area (Å²) in [5.41, 5.74) is 1.14. The van der Waals surface area contributed by atoms with Crippen molar-refractivity contribution in [1.82, 2.24) is 10.2 Å². The van der Waals surface area contributed by atoms with E-state index in [2.05, 4.69) is 24.1 Å². The van der Waals surface area contributed by atoms with E-state index in [0.717, 1.165) is 38.2 Å². The van der Waals surface area contributed by atoms with Crippen LogP contribution in [-0.4, -0.2) is 50.4 Å². The predicted octanol–water partition coefficient (Wildman–Crippen LogP) is 2.40. The van der Waals surface area contributed by atoms with Gasteiger partial charge in [-0.25, -0.2) is 0 Å². The number of rotatable bonds is 6. The summed E-state index contributed by atoms with van der Waals surface area (Å²) in [6, 6.07) is 4.19. The fourth-order valence-electron chi connectivity index (χ4n) is 3.04. The molecule has 1 fully saturated rings. The van der Waals surface area contributed by atoms with E-state index in [9.17, 15) is 5.11 Å². The second-order valence-electron chi connectivity index (χ2n) is 6.21. The molecule has 1 aliphatic heterocycles. The zero-order valence-electron chi connectivity index (χ0n) is 14.1. The van der Waals surface area contributed by atoms with Gasteiger partial charge in [-0.05, 0) is 30.0 Å². The summed E-state index contributed by atoms with van der Waals surface area (Å²) >= 11 is 0. The monoisotopic (exact) mass is 308 g/mol. The number of benzene rings is 1. The Kier molecular flexibility index (Phi) is 5.91. The summed E-state index contributed by atoms with van der Waals surface area (Å²) in [4.78, 5) is 2.50. The zero-order chi connectivity index (χ0) is 16.1. The molecule has 0 aliphatic carbocycles. The maximum Gasteiger partial charge on any atom is 0.200 e. The van der Waals surface area contributed by atoms with Gasteiger partial charge in [0.15, 0.2) is 11.5 Å². The number of nitrogens with zero attached hydrogens (tertiary/aromatic N) is 1. The number of methoxy groups -OCH3 is 2. The van der Waals surface area contributed by atoms with Crippen LogP contribution in [0.3, 0.4) is 0 Å². The summed E-state index contributed by atoms with van der Waals surface area (Å²) in [5.74, 6) is 1.60. The first-order valence-corrected chi connectivity index (χ1v) is 7.96. The lowest BCUT2D eigenvalue weighted by atomic mass is 9.94. The predicted molar refractivity (Wildman–Crippen MR) is 87.8 cm³/mol. The number of aromatic hydroxyl groups is 1. The number of phenolic OH excluding ortho intramolecular Hbond substituents is 1. The molecule has 0 bridgehead atoms. The molecule has 0 unspecified atom stereocenters. The third kappa shape index (κ3) is 3.84. The minimum atomic E-state index is 0.0670. The fraction of sp³-hybridized carbons (Fsp3) is 0.647. The van der Waals surface area contributed by atoms with Crippen molar-refractivity contribution < 1.29 is 14.6 Å². The Morgan fingerprint density at radius 3 is 2.14 bits per heavy atom. The quantitative estimate of drug-likeness (QED) is 0.845. The SMILES string of the molecule is COc1cc([C@H](CC(C)C)N2CCNCC2)cc(OC)c1O. The lowest BCUT2D eigenvalue weighted by molar-refractivity contribution is 0.153. The third-order valence-corrected chi connectivity index (χ3v) is 4.17. The molecule has 1 heterocycles. The molecule has 1 saturated heterocycles. The summed E-state index contributed by atoms with van der Waals surface area (Å²) in [6.45, 7) is 8.57. The molecular formula is C17H28N2O3. The van der Waals surface area contributed by atoms with E-state index in [-0.39, 0.29) is 5.75 Å². The molecule has 5 nitrogen and oxygen atoms in total. The first kappa shape index (κ1) is 16.9. The molecule has 0 spiro atoms. The molecule has 2 N–H and O–H groups in total. The fourth-order valence-corrected chi connectivity index (χ4v) is 3.04. The number of nitrogens with one attached hydrogen (secondary N) is 1. The van der Waals surface area contributed by atoms with Crippen LogP contribution in [0.4, 0.5) is 0 Å². The molecule has 1 atom stereocenters. The van der Waals surface area contributed by atoms with Crippen LogP contribution in [0.1, 0.15) is 31.9 Å². The molecular weight excluding hydrogens is 280 g/mol. The number of hydrogen-bond acceptors (Lipinski definition) is 5. The Labute approximate surface area is 133 Å². The molecule has 0 saturated carbocycles. The van der Waals surface area contributed by atoms with Gasteiger partial charge >= 0.3 is 0 Å². The summed E-state index contributed by atoms with van der Waals surface area (Å²) in [7, 11) is 3.14. The number of hydrogen-bond donors (Lipinski definition) is 2. The Morgan fingerprint density at radius 1 is 1.14 bits per heavy atom. The molecule has 1 aliphatic rings. The lowest BCUT2D eigenvalue weighted by Crippen LogP contribution is -2.45. The van der Waals surface area contributed by atoms with Gasteiger partial charge in [-0.3, -0.25) is 4.90 Å². The topological polar surface area (TPSA) is 54.0 Å². The van der Waals surface area contributed by atoms with Gasteiger partial charge in [0.05, 0.1) is 14.2 Å². The zero-order valence-corrected chi connectivity index (χ0v) is 14.1. The standard InChI is InChI=1S/C17H28N2O3/c1-12(2)9-14(19-7-5-18-6-8-19)13-10-15(21-3)17(20)16(11-13)22-4/h10-12,14,18,20H,5-9H2,1-4H3/t14-/m0/s1. The van der Waals surface area contributed by atoms with E-state index in [1.807, 2.05) is 12.1 Å². The first-order chi connectivity index (χ1) is 10.6. The highest BCUT2D eigenvalue weighted by molar-refractivity contribution is 5.53. The molecule has 0 radical (unpaired) electrons. The molecule has 5 heteroatoms. The maximum absolute atomic E-state index is 10.1. The van der Waals surface area contributed by atoms with Crippen molar-refractivity contribution in [3.8, 4) is 17.2 Å². The van der Waals surface area contributed by atoms with Crippen LogP contribution >= 0.6 is 0 Å². The van der Waals surface area contributed by atoms with Crippen LogP contribution in [0, 0.1) is 5.92 Å². The second kappa shape index (κ2) is 7.70. The molecule has 1 aromatic rings. The van der Waals surface area contributed by atoms with Crippen molar-refractivity contribution in [2.24, 2.45) is 5.92 Å². The summed E-state index contributed by atoms with van der Waals surface area (Å²) < 4.78 is 10.6. The van der Waals surface area contributed by atoms with Crippen molar-refractivity contribution in [3.05, 3.63) is 17.7 Å². The Bertz CT molecular complexity index is 460. The summed E-state index contributed by atoms with van der Waals surface area (Å²) in [6.07, 6.45) is 1.07. The largest absolute Gasteiger partial charge is 0.502 e. The van der Waals surface area contributed by atoms with Gasteiger partial charge in [-0.15, -0.1) is 0 Å². The number of piperazine rings is 1. The lowest BCUT2D eigenvalue weighted by Gasteiger charge is -2.36. The summed E-state index contributed by atoms with van der Waals surface area (Å²) in [5, 5.41) is 13.5. The average Bonchev–Trinajstić information content (AvgIpc) is 2.53. The minimum absolute atomic E-state index is 0.0670. The first-order valence-electron chi connectivity index (χ1n) is 7.96. The van der Waals surface area contributed by atoms with Gasteiger partial charge in [-0.2, -0.15) is 0 Å². The van der Waals surface area contributed by atoms with Gasteiger partial charge in [0.2, 0.25) is 5.75 Å². The van der Waals surface area contributed by atoms with Crippen molar-refractivity contribution >= 4 is 0 Å². The van der Waals surface area contributed by atoms with Gasteiger partial charge in [-0.1, -0.05) is 13.8 Å². The number of ether oxygens (including phenoxy) is 2. The average molecular weight is 308 g/mol. The molecule has 1 aromatic carbocycles. The molecule has 2 rings (SSSR count). The van der Waals surface area contributed by atoms with Crippen LogP contribution in [0.5, 0.6) is 17.2 Å². The van der Waals surface area contributed by atoms with Crippen LogP contribution in [0.2, 0.25) is 0 Å². The van der Waals surface area contributed by atoms with Gasteiger partial charge in [0.1, 0.15) is 0 Å². The number of phenols is 1. The molecule has 0 amide bonds. The smallest absolute Gasteiger partial charge is 0.200 e. The van der Waals surface area contributed by atoms with Crippen molar-refractivity contribution in [3.63, 3.8) is 0 Å². The Hall–Kier alpha value is -1.46. The van der Waals surface area contributed by atoms with Crippen LogP contribution < -0.4 is 14.8 Å². The van der Waals surface area contributed by atoms with Gasteiger partial charge < -0.3 is 19.9 Å². The highest BCUT2D eigenvalue weighted by Crippen LogP contribution is 2.41. The third-order valence-electron chi connectivity index (χ3n) is 4.17. The van der Waals surface area contributed by atoms with Crippen molar-refractivity contribution in [2.75, 3.05) is 40.4 Å². The Balaban J connectivity index is 2.37. The van der Waals surface area contributed by atoms with E-state index in [0.29, 0.717) is 23.5 Å². The maximum atomic E-state index is 10.1. The molecule has 0 aromatic heterocycles. The highest BCUT2D eigenvalue weighted by Gasteiger charge is 2.25. The van der Waals surface area contributed by atoms with E-state index in [1.54, 1.807) is 14.2 Å². The van der Waals surface area contributed by atoms with Crippen molar-refractivity contribution in [1.29, 1.82) is 0 Å². The van der Waals surface area contributed by atoms with E-state index in [1.165, 1.54) is 0 Å². The van der Waals surface area contributed by atoms with E-state index < -0.39 is 0 Å². The second-order valence-corrected chi connectivity index (χ2v) is 6.21. The van der Waals surface area contributed by atoms with Crippen LogP contribution in [0.15, 0.2) is 12.1 Å². The van der Waals surface area contributed by atoms with Gasteiger partial charge in [0.25, 0.3) is 0 Å². The van der Waals surface area contributed by atoms with Crippen LogP contribution in [0.25, 0.3) is 0 Å². The molecule has 124 valence electrons. The Morgan fingerprint density at radius 2 is 1.68 bits per heavy atom. The minimum Gasteiger partial charge on any atom is -0.502 e. The molecule has 22 heavy (non-hydrogen) atoms. The van der Waals surface area contributed by atoms with Gasteiger partial charge in [0, 0.05) is 32.2 Å². The van der Waals surface area contributed by atoms with E-state index in [4.69, 9.17) is 9.47 Å². The van der Waals surface area contributed by atoms with E-state index >= 15 is 0 Å². The highest BCUT2D eigenvalue weighted by atomic mass is 16.5. The normalized spacial score (nSPS) is 17.5. The van der Waals surface area contributed by atoms with Crippen LogP contribution in [-0.2, 0) is 0 Å².